The van der Waals surface area contributed by atoms with Crippen molar-refractivity contribution in [1.82, 2.24) is 9.97 Å². The topological polar surface area (TPSA) is 93.3 Å². The van der Waals surface area contributed by atoms with Crippen LogP contribution in [-0.2, 0) is 14.3 Å². The lowest BCUT2D eigenvalue weighted by atomic mass is 9.95. The van der Waals surface area contributed by atoms with E-state index in [9.17, 15) is 9.59 Å². The summed E-state index contributed by atoms with van der Waals surface area (Å²) in [6.45, 7) is 0. The number of carbonyl (C=O) groups is 2. The summed E-state index contributed by atoms with van der Waals surface area (Å²) in [5, 5.41) is 2.71. The highest BCUT2D eigenvalue weighted by Crippen LogP contribution is 2.36. The summed E-state index contributed by atoms with van der Waals surface area (Å²) in [7, 11) is 1.28. The molecule has 2 saturated heterocycles. The molecule has 2 aliphatic rings. The number of hydrogen-bond acceptors (Lipinski definition) is 5. The first-order valence-corrected chi connectivity index (χ1v) is 6.75. The molecule has 0 saturated carbocycles. The third-order valence-electron chi connectivity index (χ3n) is 3.93. The van der Waals surface area contributed by atoms with E-state index in [-0.39, 0.29) is 35.5 Å². The van der Waals surface area contributed by atoms with Crippen LogP contribution < -0.4 is 5.32 Å². The zero-order chi connectivity index (χ0) is 14.1. The van der Waals surface area contributed by atoms with Crippen LogP contribution in [0.4, 0.5) is 5.82 Å². The minimum Gasteiger partial charge on any atom is -0.464 e. The van der Waals surface area contributed by atoms with Gasteiger partial charge < -0.3 is 19.8 Å². The van der Waals surface area contributed by atoms with Crippen molar-refractivity contribution in [3.63, 3.8) is 0 Å². The van der Waals surface area contributed by atoms with E-state index in [1.54, 1.807) is 0 Å². The summed E-state index contributed by atoms with van der Waals surface area (Å²) < 4.78 is 10.3. The van der Waals surface area contributed by atoms with Gasteiger partial charge in [0.05, 0.1) is 25.6 Å². The van der Waals surface area contributed by atoms with Gasteiger partial charge in [0.15, 0.2) is 11.5 Å². The second-order valence-electron chi connectivity index (χ2n) is 5.23. The fraction of sp³-hybridized carbons (Fsp3) is 0.615. The van der Waals surface area contributed by atoms with Crippen LogP contribution in [-0.4, -0.2) is 41.2 Å². The number of hydrogen-bond donors (Lipinski definition) is 2. The van der Waals surface area contributed by atoms with E-state index < -0.39 is 5.97 Å². The average molecular weight is 279 g/mol. The molecular weight excluding hydrogens is 262 g/mol. The Balaban J connectivity index is 1.67. The fourth-order valence-electron chi connectivity index (χ4n) is 2.94. The maximum absolute atomic E-state index is 12.3. The standard InChI is InChI=1S/C13H17N3O4/c1-19-13(18)10-11(15-6-14-10)16-12(17)7-4-8-2-3-9(5-7)20-8/h6-9H,2-5H2,1H3,(H,14,15)(H,16,17)/t7?,8-,9+. The third kappa shape index (κ3) is 2.40. The van der Waals surface area contributed by atoms with Crippen molar-refractivity contribution >= 4 is 17.7 Å². The largest absolute Gasteiger partial charge is 0.464 e. The number of aromatic amines is 1. The third-order valence-corrected chi connectivity index (χ3v) is 3.93. The summed E-state index contributed by atoms with van der Waals surface area (Å²) in [5.41, 5.74) is 0.163. The molecular formula is C13H17N3O4. The van der Waals surface area contributed by atoms with Crippen LogP contribution in [0, 0.1) is 5.92 Å². The second-order valence-corrected chi connectivity index (χ2v) is 5.23. The van der Waals surface area contributed by atoms with Crippen molar-refractivity contribution in [2.75, 3.05) is 12.4 Å². The first-order valence-electron chi connectivity index (χ1n) is 6.75. The predicted molar refractivity (Wildman–Crippen MR) is 69.2 cm³/mol. The zero-order valence-electron chi connectivity index (χ0n) is 11.2. The highest BCUT2D eigenvalue weighted by molar-refractivity contribution is 5.99. The minimum absolute atomic E-state index is 0.0801. The van der Waals surface area contributed by atoms with E-state index in [0.717, 1.165) is 25.7 Å². The lowest BCUT2D eigenvalue weighted by Crippen LogP contribution is -2.33. The maximum atomic E-state index is 12.3. The molecule has 2 N–H and O–H groups in total. The van der Waals surface area contributed by atoms with Gasteiger partial charge in [0.25, 0.3) is 0 Å². The van der Waals surface area contributed by atoms with E-state index in [2.05, 4.69) is 20.0 Å². The van der Waals surface area contributed by atoms with Crippen LogP contribution in [0.3, 0.4) is 0 Å². The molecule has 2 aliphatic heterocycles. The molecule has 3 atom stereocenters. The smallest absolute Gasteiger partial charge is 0.358 e. The van der Waals surface area contributed by atoms with Crippen LogP contribution >= 0.6 is 0 Å². The number of esters is 1. The van der Waals surface area contributed by atoms with Crippen LogP contribution in [0.25, 0.3) is 0 Å². The molecule has 0 aromatic carbocycles. The molecule has 3 rings (SSSR count). The van der Waals surface area contributed by atoms with Gasteiger partial charge in [0.2, 0.25) is 5.91 Å². The van der Waals surface area contributed by atoms with Crippen molar-refractivity contribution in [2.45, 2.75) is 37.9 Å². The van der Waals surface area contributed by atoms with Crippen LogP contribution in [0.1, 0.15) is 36.2 Å². The molecule has 0 aliphatic carbocycles. The van der Waals surface area contributed by atoms with E-state index in [1.807, 2.05) is 0 Å². The minimum atomic E-state index is -0.551. The molecule has 1 unspecified atom stereocenters. The molecule has 2 bridgehead atoms. The number of methoxy groups -OCH3 is 1. The second kappa shape index (κ2) is 5.24. The number of nitrogens with zero attached hydrogens (tertiary/aromatic N) is 1. The van der Waals surface area contributed by atoms with Gasteiger partial charge in [-0.3, -0.25) is 4.79 Å². The molecule has 7 nitrogen and oxygen atoms in total. The number of ether oxygens (including phenoxy) is 2. The Morgan fingerprint density at radius 1 is 1.40 bits per heavy atom. The van der Waals surface area contributed by atoms with Gasteiger partial charge in [0.1, 0.15) is 0 Å². The normalized spacial score (nSPS) is 28.1. The fourth-order valence-corrected chi connectivity index (χ4v) is 2.94. The summed E-state index contributed by atoms with van der Waals surface area (Å²) in [5.74, 6) is -0.517. The number of anilines is 1. The number of rotatable bonds is 3. The Morgan fingerprint density at radius 2 is 2.10 bits per heavy atom. The SMILES string of the molecule is COC(=O)c1[nH]cnc1NC(=O)C1C[C@H]2CC[C@@H](C1)O2. The van der Waals surface area contributed by atoms with Gasteiger partial charge in [-0.05, 0) is 25.7 Å². The molecule has 0 spiro atoms. The zero-order valence-corrected chi connectivity index (χ0v) is 11.2. The Kier molecular flexibility index (Phi) is 3.43. The predicted octanol–water partition coefficient (Wildman–Crippen LogP) is 1.09. The Hall–Kier alpha value is -1.89. The van der Waals surface area contributed by atoms with E-state index in [4.69, 9.17) is 4.74 Å². The maximum Gasteiger partial charge on any atom is 0.358 e. The number of amides is 1. The molecule has 0 radical (unpaired) electrons. The number of aromatic nitrogens is 2. The van der Waals surface area contributed by atoms with E-state index >= 15 is 0 Å². The van der Waals surface area contributed by atoms with E-state index in [1.165, 1.54) is 13.4 Å². The van der Waals surface area contributed by atoms with Gasteiger partial charge >= 0.3 is 5.97 Å². The molecule has 20 heavy (non-hydrogen) atoms. The van der Waals surface area contributed by atoms with Crippen molar-refractivity contribution in [2.24, 2.45) is 5.92 Å². The van der Waals surface area contributed by atoms with Gasteiger partial charge in [0, 0.05) is 5.92 Å². The lowest BCUT2D eigenvalue weighted by molar-refractivity contribution is -0.125. The Bertz CT molecular complexity index is 515. The van der Waals surface area contributed by atoms with Crippen LogP contribution in [0.15, 0.2) is 6.33 Å². The number of H-pyrrole nitrogens is 1. The van der Waals surface area contributed by atoms with Gasteiger partial charge in [-0.25, -0.2) is 9.78 Å². The number of nitrogens with one attached hydrogen (secondary N) is 2. The summed E-state index contributed by atoms with van der Waals surface area (Å²) in [4.78, 5) is 30.4. The monoisotopic (exact) mass is 279 g/mol. The van der Waals surface area contributed by atoms with Crippen LogP contribution in [0.2, 0.25) is 0 Å². The van der Waals surface area contributed by atoms with Gasteiger partial charge in [-0.1, -0.05) is 0 Å². The summed E-state index contributed by atoms with van der Waals surface area (Å²) >= 11 is 0. The lowest BCUT2D eigenvalue weighted by Gasteiger charge is -2.27. The van der Waals surface area contributed by atoms with E-state index in [0.29, 0.717) is 0 Å². The average Bonchev–Trinajstić information content (AvgIpc) is 3.04. The summed E-state index contributed by atoms with van der Waals surface area (Å²) in [6, 6.07) is 0. The molecule has 1 aromatic rings. The van der Waals surface area contributed by atoms with Gasteiger partial charge in [-0.2, -0.15) is 0 Å². The first kappa shape index (κ1) is 13.1. The Labute approximate surface area is 116 Å². The first-order chi connectivity index (χ1) is 9.67. The van der Waals surface area contributed by atoms with Crippen molar-refractivity contribution in [3.8, 4) is 0 Å². The van der Waals surface area contributed by atoms with Crippen molar-refractivity contribution < 1.29 is 19.1 Å². The highest BCUT2D eigenvalue weighted by Gasteiger charge is 2.38. The Morgan fingerprint density at radius 3 is 2.75 bits per heavy atom. The van der Waals surface area contributed by atoms with Crippen molar-refractivity contribution in [3.05, 3.63) is 12.0 Å². The highest BCUT2D eigenvalue weighted by atomic mass is 16.5. The van der Waals surface area contributed by atoms with Crippen molar-refractivity contribution in [1.29, 1.82) is 0 Å². The number of imidazole rings is 1. The molecule has 7 heteroatoms. The molecule has 1 amide bonds. The molecule has 3 heterocycles. The molecule has 1 aromatic heterocycles. The quantitative estimate of drug-likeness (QED) is 0.808. The van der Waals surface area contributed by atoms with Crippen LogP contribution in [0.5, 0.6) is 0 Å². The molecule has 108 valence electrons. The summed E-state index contributed by atoms with van der Waals surface area (Å²) in [6.07, 6.45) is 5.29. The number of fused-ring (bicyclic) bond motifs is 2. The van der Waals surface area contributed by atoms with Gasteiger partial charge in [-0.15, -0.1) is 0 Å². The number of carbonyl (C=O) groups excluding carboxylic acids is 2. The molecule has 2 fully saturated rings.